The third kappa shape index (κ3) is 4.51. The summed E-state index contributed by atoms with van der Waals surface area (Å²) in [5, 5.41) is 0. The van der Waals surface area contributed by atoms with E-state index in [-0.39, 0.29) is 0 Å². The van der Waals surface area contributed by atoms with Gasteiger partial charge < -0.3 is 0 Å². The SMILES string of the molecule is C=C[CH2][Mg][CH2]C. The van der Waals surface area contributed by atoms with E-state index >= 15 is 0 Å². The minimum Gasteiger partial charge on any atom is -0.148 e. The van der Waals surface area contributed by atoms with Crippen LogP contribution in [-0.2, 0) is 0 Å². The zero-order valence-electron chi connectivity index (χ0n) is 4.41. The first kappa shape index (κ1) is 6.51. The molecule has 0 aromatic rings. The number of hydrogen-bond donors (Lipinski definition) is 0. The molecule has 0 aromatic carbocycles. The van der Waals surface area contributed by atoms with Gasteiger partial charge in [-0.3, -0.25) is 0 Å². The minimum atomic E-state index is 0.304. The fourth-order valence-electron chi connectivity index (χ4n) is 0.348. The van der Waals surface area contributed by atoms with Crippen molar-refractivity contribution in [1.82, 2.24) is 0 Å². The quantitative estimate of drug-likeness (QED) is 0.284. The number of allylic oxidation sites excluding steroid dienone is 1. The zero-order chi connectivity index (χ0) is 4.83. The van der Waals surface area contributed by atoms with Crippen LogP contribution in [0.3, 0.4) is 0 Å². The first-order chi connectivity index (χ1) is 2.91. The molecular formula is C5H10Mg. The molecule has 0 bridgehead atoms. The Labute approximate surface area is 49.4 Å². The zero-order valence-corrected chi connectivity index (χ0v) is 5.82. The van der Waals surface area contributed by atoms with Crippen LogP contribution in [0.5, 0.6) is 0 Å². The molecule has 0 atom stereocenters. The number of rotatable bonds is 3. The van der Waals surface area contributed by atoms with Crippen LogP contribution in [0, 0.1) is 0 Å². The van der Waals surface area contributed by atoms with E-state index in [1.165, 1.54) is 9.10 Å². The summed E-state index contributed by atoms with van der Waals surface area (Å²) in [4.78, 5) is 0. The van der Waals surface area contributed by atoms with E-state index in [0.717, 1.165) is 0 Å². The highest BCUT2D eigenvalue weighted by molar-refractivity contribution is 6.35. The van der Waals surface area contributed by atoms with Gasteiger partial charge in [0.05, 0.1) is 0 Å². The van der Waals surface area contributed by atoms with Crippen molar-refractivity contribution in [2.75, 3.05) is 0 Å². The van der Waals surface area contributed by atoms with Crippen LogP contribution in [0.1, 0.15) is 6.92 Å². The van der Waals surface area contributed by atoms with Gasteiger partial charge in [-0.25, -0.2) is 0 Å². The lowest BCUT2D eigenvalue weighted by atomic mass is 10.8. The minimum absolute atomic E-state index is 0.304. The molecule has 0 nitrogen and oxygen atoms in total. The second-order valence-electron chi connectivity index (χ2n) is 1.43. The van der Waals surface area contributed by atoms with Crippen molar-refractivity contribution >= 4 is 20.4 Å². The van der Waals surface area contributed by atoms with Crippen molar-refractivity contribution < 1.29 is 0 Å². The largest absolute Gasteiger partial charge is 0.369 e. The van der Waals surface area contributed by atoms with Gasteiger partial charge in [0.25, 0.3) is 0 Å². The maximum atomic E-state index is 3.63. The van der Waals surface area contributed by atoms with E-state index in [1.54, 1.807) is 0 Å². The van der Waals surface area contributed by atoms with Crippen LogP contribution >= 0.6 is 0 Å². The number of hydrogen-bond acceptors (Lipinski definition) is 0. The Kier molecular flexibility index (Phi) is 5.97. The topological polar surface area (TPSA) is 0 Å². The van der Waals surface area contributed by atoms with E-state index in [4.69, 9.17) is 0 Å². The van der Waals surface area contributed by atoms with Crippen molar-refractivity contribution in [2.45, 2.75) is 16.0 Å². The van der Waals surface area contributed by atoms with E-state index in [1.807, 2.05) is 6.08 Å². The molecule has 0 heterocycles. The summed E-state index contributed by atoms with van der Waals surface area (Å²) >= 11 is 0.304. The summed E-state index contributed by atoms with van der Waals surface area (Å²) in [6, 6.07) is 0. The lowest BCUT2D eigenvalue weighted by Gasteiger charge is -1.76. The average molecular weight is 94.4 g/mol. The predicted octanol–water partition coefficient (Wildman–Crippen LogP) is 1.73. The molecule has 0 fully saturated rings. The molecule has 32 valence electrons. The molecule has 0 N–H and O–H groups in total. The van der Waals surface area contributed by atoms with Gasteiger partial charge in [-0.1, -0.05) is 6.92 Å². The van der Waals surface area contributed by atoms with E-state index < -0.39 is 0 Å². The Morgan fingerprint density at radius 1 is 1.83 bits per heavy atom. The second-order valence-corrected chi connectivity index (χ2v) is 3.72. The maximum Gasteiger partial charge on any atom is 0.369 e. The van der Waals surface area contributed by atoms with Gasteiger partial charge in [0.15, 0.2) is 0 Å². The smallest absolute Gasteiger partial charge is 0.148 e. The van der Waals surface area contributed by atoms with E-state index in [0.29, 0.717) is 20.4 Å². The molecule has 0 aromatic heterocycles. The Bertz CT molecular complexity index is 32.9. The molecule has 0 radical (unpaired) electrons. The van der Waals surface area contributed by atoms with Gasteiger partial charge >= 0.3 is 20.4 Å². The van der Waals surface area contributed by atoms with E-state index in [9.17, 15) is 0 Å². The summed E-state index contributed by atoms with van der Waals surface area (Å²) in [6.07, 6.45) is 2.02. The third-order valence-electron chi connectivity index (χ3n) is 0.762. The molecule has 1 heteroatoms. The van der Waals surface area contributed by atoms with Gasteiger partial charge in [0.1, 0.15) is 0 Å². The highest BCUT2D eigenvalue weighted by Crippen LogP contribution is 1.81. The molecule has 0 unspecified atom stereocenters. The molecule has 0 aliphatic heterocycles. The van der Waals surface area contributed by atoms with Crippen LogP contribution < -0.4 is 0 Å². The van der Waals surface area contributed by atoms with Gasteiger partial charge in [-0.15, -0.1) is 21.8 Å². The van der Waals surface area contributed by atoms with E-state index in [2.05, 4.69) is 13.5 Å². The monoisotopic (exact) mass is 94.1 g/mol. The van der Waals surface area contributed by atoms with Gasteiger partial charge in [-0.2, -0.15) is 0 Å². The van der Waals surface area contributed by atoms with Crippen molar-refractivity contribution in [1.29, 1.82) is 0 Å². The Hall–Kier alpha value is 0.506. The average Bonchev–Trinajstić information content (AvgIpc) is 1.61. The molecule has 0 saturated carbocycles. The predicted molar refractivity (Wildman–Crippen MR) is 31.2 cm³/mol. The molecule has 0 saturated heterocycles. The molecule has 0 spiro atoms. The van der Waals surface area contributed by atoms with Crippen LogP contribution in [-0.4, -0.2) is 20.4 Å². The second kappa shape index (κ2) is 5.51. The lowest BCUT2D eigenvalue weighted by Crippen LogP contribution is -1.78. The molecule has 6 heavy (non-hydrogen) atoms. The Balaban J connectivity index is 2.49. The summed E-state index contributed by atoms with van der Waals surface area (Å²) in [5.74, 6) is 0. The van der Waals surface area contributed by atoms with Gasteiger partial charge in [-0.05, 0) is 0 Å². The van der Waals surface area contributed by atoms with Crippen molar-refractivity contribution in [3.8, 4) is 0 Å². The Morgan fingerprint density at radius 2 is 2.50 bits per heavy atom. The first-order valence-electron chi connectivity index (χ1n) is 2.52. The summed E-state index contributed by atoms with van der Waals surface area (Å²) in [7, 11) is 0. The Morgan fingerprint density at radius 3 is 2.67 bits per heavy atom. The lowest BCUT2D eigenvalue weighted by molar-refractivity contribution is 1.43. The molecule has 0 aliphatic carbocycles. The van der Waals surface area contributed by atoms with Crippen LogP contribution in [0.2, 0.25) is 9.10 Å². The molecule has 0 rings (SSSR count). The standard InChI is InChI=1S/C3H5.C2H5.Mg/c1-3-2;1-2;/h3H,1-2H2;1H2,2H3;. The fourth-order valence-corrected chi connectivity index (χ4v) is 1.05. The van der Waals surface area contributed by atoms with Gasteiger partial charge in [0.2, 0.25) is 0 Å². The van der Waals surface area contributed by atoms with Crippen molar-refractivity contribution in [3.05, 3.63) is 12.7 Å². The highest BCUT2D eigenvalue weighted by Gasteiger charge is 1.81. The van der Waals surface area contributed by atoms with Crippen molar-refractivity contribution in [2.24, 2.45) is 0 Å². The molecular weight excluding hydrogens is 84.4 g/mol. The fraction of sp³-hybridized carbons (Fsp3) is 0.600. The maximum absolute atomic E-state index is 3.63. The first-order valence-corrected chi connectivity index (χ1v) is 4.52. The third-order valence-corrected chi connectivity index (χ3v) is 2.29. The van der Waals surface area contributed by atoms with Crippen LogP contribution in [0.4, 0.5) is 0 Å². The summed E-state index contributed by atoms with van der Waals surface area (Å²) in [6.45, 7) is 5.88. The summed E-state index contributed by atoms with van der Waals surface area (Å²) in [5.41, 5.74) is 0. The van der Waals surface area contributed by atoms with Gasteiger partial charge in [0, 0.05) is 0 Å². The highest BCUT2D eigenvalue weighted by atomic mass is 24.5. The van der Waals surface area contributed by atoms with Crippen LogP contribution in [0.25, 0.3) is 0 Å². The van der Waals surface area contributed by atoms with Crippen LogP contribution in [0.15, 0.2) is 12.7 Å². The van der Waals surface area contributed by atoms with Crippen molar-refractivity contribution in [3.63, 3.8) is 0 Å². The molecule has 0 amide bonds. The summed E-state index contributed by atoms with van der Waals surface area (Å²) < 4.78 is 2.74. The molecule has 0 aliphatic rings. The normalized spacial score (nSPS) is 6.83.